The lowest BCUT2D eigenvalue weighted by Gasteiger charge is -2.35. The summed E-state index contributed by atoms with van der Waals surface area (Å²) in [5.74, 6) is -0.516. The molecule has 1 aliphatic heterocycles. The first-order valence-corrected chi connectivity index (χ1v) is 5.48. The van der Waals surface area contributed by atoms with Crippen LogP contribution >= 0.6 is 0 Å². The fourth-order valence-electron chi connectivity index (χ4n) is 1.55. The first-order valence-electron chi connectivity index (χ1n) is 5.48. The average molecular weight is 276 g/mol. The van der Waals surface area contributed by atoms with Gasteiger partial charge in [-0.15, -0.1) is 0 Å². The van der Waals surface area contributed by atoms with E-state index in [2.05, 4.69) is 9.72 Å². The lowest BCUT2D eigenvalue weighted by Crippen LogP contribution is -2.53. The normalized spacial score (nSPS) is 16.1. The van der Waals surface area contributed by atoms with Gasteiger partial charge in [0.15, 0.2) is 6.61 Å². The van der Waals surface area contributed by atoms with Gasteiger partial charge in [0.25, 0.3) is 5.91 Å². The number of β-amino-alcohol motifs (C(OH)–C–C–N with tert-alkyl or cyclic N) is 1. The first-order chi connectivity index (χ1) is 8.85. The van der Waals surface area contributed by atoms with Gasteiger partial charge in [0.1, 0.15) is 0 Å². The van der Waals surface area contributed by atoms with E-state index in [-0.39, 0.29) is 30.4 Å². The molecule has 1 amide bonds. The topological polar surface area (TPSA) is 62.7 Å². The number of amides is 1. The lowest BCUT2D eigenvalue weighted by molar-refractivity contribution is -0.154. The summed E-state index contributed by atoms with van der Waals surface area (Å²) >= 11 is 0. The molecule has 1 saturated heterocycles. The molecular formula is C11H11F3N2O3. The third-order valence-corrected chi connectivity index (χ3v) is 2.52. The van der Waals surface area contributed by atoms with Crippen molar-refractivity contribution in [1.29, 1.82) is 0 Å². The molecule has 19 heavy (non-hydrogen) atoms. The molecule has 0 aromatic carbocycles. The largest absolute Gasteiger partial charge is 0.468 e. The van der Waals surface area contributed by atoms with Crippen molar-refractivity contribution in [2.45, 2.75) is 12.3 Å². The van der Waals surface area contributed by atoms with Crippen LogP contribution in [0.15, 0.2) is 18.3 Å². The van der Waals surface area contributed by atoms with E-state index < -0.39 is 18.9 Å². The molecule has 0 radical (unpaired) electrons. The summed E-state index contributed by atoms with van der Waals surface area (Å²) in [6.45, 7) is -0.915. The Kier molecular flexibility index (Phi) is 3.61. The molecular weight excluding hydrogens is 265 g/mol. The van der Waals surface area contributed by atoms with Crippen LogP contribution in [0, 0.1) is 0 Å². The number of carbonyl (C=O) groups is 1. The minimum atomic E-state index is -4.43. The van der Waals surface area contributed by atoms with Crippen LogP contribution in [0.25, 0.3) is 0 Å². The highest BCUT2D eigenvalue weighted by Crippen LogP contribution is 2.18. The Morgan fingerprint density at radius 3 is 2.63 bits per heavy atom. The smallest absolute Gasteiger partial charge is 0.422 e. The van der Waals surface area contributed by atoms with Crippen molar-refractivity contribution in [3.05, 3.63) is 23.9 Å². The van der Waals surface area contributed by atoms with Crippen LogP contribution in [0.3, 0.4) is 0 Å². The summed E-state index contributed by atoms with van der Waals surface area (Å²) in [6, 6.07) is 2.54. The van der Waals surface area contributed by atoms with Crippen LogP contribution in [-0.2, 0) is 0 Å². The third kappa shape index (κ3) is 3.57. The van der Waals surface area contributed by atoms with Crippen LogP contribution in [0.5, 0.6) is 5.88 Å². The number of rotatable bonds is 3. The molecule has 0 bridgehead atoms. The van der Waals surface area contributed by atoms with Gasteiger partial charge in [0, 0.05) is 25.4 Å². The van der Waals surface area contributed by atoms with E-state index in [1.165, 1.54) is 17.0 Å². The second-order valence-electron chi connectivity index (χ2n) is 4.15. The third-order valence-electron chi connectivity index (χ3n) is 2.52. The highest BCUT2D eigenvalue weighted by molar-refractivity contribution is 5.94. The summed E-state index contributed by atoms with van der Waals surface area (Å²) in [4.78, 5) is 16.8. The zero-order chi connectivity index (χ0) is 14.0. The van der Waals surface area contributed by atoms with Crippen LogP contribution in [0.2, 0.25) is 0 Å². The number of likely N-dealkylation sites (tertiary alicyclic amines) is 1. The molecule has 0 saturated carbocycles. The average Bonchev–Trinajstić information content (AvgIpc) is 2.31. The van der Waals surface area contributed by atoms with Gasteiger partial charge in [0.2, 0.25) is 5.88 Å². The number of aliphatic hydroxyl groups is 1. The Bertz CT molecular complexity index is 455. The highest BCUT2D eigenvalue weighted by Gasteiger charge is 2.30. The predicted molar refractivity (Wildman–Crippen MR) is 57.7 cm³/mol. The number of nitrogens with zero attached hydrogens (tertiary/aromatic N) is 2. The second-order valence-corrected chi connectivity index (χ2v) is 4.15. The summed E-state index contributed by atoms with van der Waals surface area (Å²) < 4.78 is 40.1. The summed E-state index contributed by atoms with van der Waals surface area (Å²) in [5.41, 5.74) is 0.242. The number of halogens is 3. The van der Waals surface area contributed by atoms with Crippen molar-refractivity contribution in [3.8, 4) is 5.88 Å². The number of aromatic nitrogens is 1. The maximum absolute atomic E-state index is 11.9. The zero-order valence-electron chi connectivity index (χ0n) is 9.72. The van der Waals surface area contributed by atoms with E-state index in [0.717, 1.165) is 6.20 Å². The standard InChI is InChI=1S/C11H11F3N2O3/c12-11(13,14)6-19-9-2-1-7(3-15-9)10(18)16-4-8(17)5-16/h1-3,8,17H,4-6H2. The van der Waals surface area contributed by atoms with Gasteiger partial charge in [0.05, 0.1) is 11.7 Å². The number of carbonyl (C=O) groups excluding carboxylic acids is 1. The van der Waals surface area contributed by atoms with Crippen molar-refractivity contribution >= 4 is 5.91 Å². The van der Waals surface area contributed by atoms with Crippen molar-refractivity contribution in [2.24, 2.45) is 0 Å². The Labute approximate surface area is 106 Å². The van der Waals surface area contributed by atoms with E-state index in [0.29, 0.717) is 0 Å². The molecule has 0 atom stereocenters. The van der Waals surface area contributed by atoms with E-state index in [1.807, 2.05) is 0 Å². The SMILES string of the molecule is O=C(c1ccc(OCC(F)(F)F)nc1)N1CC(O)C1. The lowest BCUT2D eigenvalue weighted by atomic mass is 10.1. The second kappa shape index (κ2) is 5.04. The van der Waals surface area contributed by atoms with Gasteiger partial charge in [-0.3, -0.25) is 4.79 Å². The van der Waals surface area contributed by atoms with E-state index in [4.69, 9.17) is 5.11 Å². The van der Waals surface area contributed by atoms with E-state index in [9.17, 15) is 18.0 Å². The van der Waals surface area contributed by atoms with E-state index in [1.54, 1.807) is 0 Å². The van der Waals surface area contributed by atoms with Crippen LogP contribution in [0.1, 0.15) is 10.4 Å². The fraction of sp³-hybridized carbons (Fsp3) is 0.455. The highest BCUT2D eigenvalue weighted by atomic mass is 19.4. The zero-order valence-corrected chi connectivity index (χ0v) is 9.72. The van der Waals surface area contributed by atoms with Crippen LogP contribution in [-0.4, -0.2) is 52.9 Å². The Hall–Kier alpha value is -1.83. The molecule has 1 aromatic rings. The van der Waals surface area contributed by atoms with Crippen LogP contribution < -0.4 is 4.74 Å². The van der Waals surface area contributed by atoms with Crippen molar-refractivity contribution in [1.82, 2.24) is 9.88 Å². The van der Waals surface area contributed by atoms with Crippen LogP contribution in [0.4, 0.5) is 13.2 Å². The predicted octanol–water partition coefficient (Wildman–Crippen LogP) is 0.839. The molecule has 2 rings (SSSR count). The summed E-state index contributed by atoms with van der Waals surface area (Å²) in [5, 5.41) is 9.07. The Morgan fingerprint density at radius 2 is 2.16 bits per heavy atom. The molecule has 5 nitrogen and oxygen atoms in total. The molecule has 0 unspecified atom stereocenters. The number of ether oxygens (including phenoxy) is 1. The molecule has 0 spiro atoms. The summed E-state index contributed by atoms with van der Waals surface area (Å²) in [6.07, 6.45) is -3.78. The first kappa shape index (κ1) is 13.6. The Balaban J connectivity index is 1.93. The fourth-order valence-corrected chi connectivity index (χ4v) is 1.55. The number of pyridine rings is 1. The van der Waals surface area contributed by atoms with Crippen molar-refractivity contribution in [3.63, 3.8) is 0 Å². The number of alkyl halides is 3. The molecule has 0 aliphatic carbocycles. The van der Waals surface area contributed by atoms with E-state index >= 15 is 0 Å². The number of hydrogen-bond donors (Lipinski definition) is 1. The minimum absolute atomic E-state index is 0.197. The monoisotopic (exact) mass is 276 g/mol. The summed E-state index contributed by atoms with van der Waals surface area (Å²) in [7, 11) is 0. The van der Waals surface area contributed by atoms with Gasteiger partial charge in [-0.25, -0.2) is 4.98 Å². The van der Waals surface area contributed by atoms with Gasteiger partial charge >= 0.3 is 6.18 Å². The van der Waals surface area contributed by atoms with Gasteiger partial charge in [-0.2, -0.15) is 13.2 Å². The molecule has 1 N–H and O–H groups in total. The van der Waals surface area contributed by atoms with Gasteiger partial charge in [-0.1, -0.05) is 0 Å². The minimum Gasteiger partial charge on any atom is -0.468 e. The maximum atomic E-state index is 11.9. The molecule has 1 aromatic heterocycles. The number of hydrogen-bond acceptors (Lipinski definition) is 4. The molecule has 8 heteroatoms. The quantitative estimate of drug-likeness (QED) is 0.888. The van der Waals surface area contributed by atoms with Crippen molar-refractivity contribution < 1.29 is 27.8 Å². The number of aliphatic hydroxyl groups excluding tert-OH is 1. The Morgan fingerprint density at radius 1 is 1.47 bits per heavy atom. The molecule has 1 fully saturated rings. The molecule has 104 valence electrons. The van der Waals surface area contributed by atoms with Gasteiger partial charge < -0.3 is 14.7 Å². The van der Waals surface area contributed by atoms with Crippen molar-refractivity contribution in [2.75, 3.05) is 19.7 Å². The van der Waals surface area contributed by atoms with Gasteiger partial charge in [-0.05, 0) is 6.07 Å². The molecule has 2 heterocycles. The molecule has 1 aliphatic rings. The maximum Gasteiger partial charge on any atom is 0.422 e.